The Kier molecular flexibility index (Phi) is 5.31. The van der Waals surface area contributed by atoms with Gasteiger partial charge in [-0.2, -0.15) is 4.99 Å². The molecule has 0 spiro atoms. The Hall–Kier alpha value is -2.54. The van der Waals surface area contributed by atoms with Crippen LogP contribution in [0.15, 0.2) is 41.3 Å². The second kappa shape index (κ2) is 6.76. The summed E-state index contributed by atoms with van der Waals surface area (Å²) >= 11 is 0. The molecule has 0 bridgehead atoms. The molecule has 0 heterocycles. The van der Waals surface area contributed by atoms with Gasteiger partial charge in [0, 0.05) is 0 Å². The average Bonchev–Trinajstić information content (AvgIpc) is 2.44. The molecule has 0 saturated heterocycles. The van der Waals surface area contributed by atoms with Gasteiger partial charge in [-0.05, 0) is 37.5 Å². The SMILES string of the molecule is C=C(C)c1cccc(C(C)(CN=C=O)N=C=O)c1C(=C)C. The van der Waals surface area contributed by atoms with Crippen LogP contribution in [0.25, 0.3) is 11.1 Å². The number of aliphatic imine (C=N–C) groups is 2. The third-order valence-electron chi connectivity index (χ3n) is 3.28. The number of allylic oxidation sites excluding steroid dienone is 2. The lowest BCUT2D eigenvalue weighted by atomic mass is 9.83. The van der Waals surface area contributed by atoms with Crippen molar-refractivity contribution in [1.29, 1.82) is 0 Å². The van der Waals surface area contributed by atoms with Crippen molar-refractivity contribution in [3.05, 3.63) is 48.0 Å². The van der Waals surface area contributed by atoms with Gasteiger partial charge in [0.25, 0.3) is 0 Å². The predicted molar refractivity (Wildman–Crippen MR) is 84.3 cm³/mol. The standard InChI is InChI=1S/C17H18N2O2/c1-12(2)14-7-6-8-15(16(14)13(3)4)17(5,19-11-21)9-18-10-20/h6-8H,1,3,9H2,2,4-5H3. The lowest BCUT2D eigenvalue weighted by Crippen LogP contribution is -2.25. The maximum absolute atomic E-state index is 10.8. The number of hydrogen-bond donors (Lipinski definition) is 0. The van der Waals surface area contributed by atoms with Gasteiger partial charge in [0.1, 0.15) is 5.54 Å². The molecular formula is C17H18N2O2. The molecule has 1 rings (SSSR count). The first-order chi connectivity index (χ1) is 9.87. The molecule has 0 aromatic heterocycles. The molecule has 0 amide bonds. The van der Waals surface area contributed by atoms with Gasteiger partial charge in [-0.15, -0.1) is 0 Å². The van der Waals surface area contributed by atoms with Crippen LogP contribution in [0.5, 0.6) is 0 Å². The van der Waals surface area contributed by atoms with E-state index in [0.717, 1.165) is 27.8 Å². The van der Waals surface area contributed by atoms with Crippen LogP contribution in [0.1, 0.15) is 37.5 Å². The second-order valence-electron chi connectivity index (χ2n) is 5.17. The van der Waals surface area contributed by atoms with Crippen LogP contribution in [-0.4, -0.2) is 18.7 Å². The number of carbonyl (C=O) groups excluding carboxylic acids is 2. The van der Waals surface area contributed by atoms with E-state index < -0.39 is 5.54 Å². The molecule has 0 aliphatic carbocycles. The van der Waals surface area contributed by atoms with E-state index in [1.807, 2.05) is 32.0 Å². The third kappa shape index (κ3) is 3.51. The Balaban J connectivity index is 3.70. The highest BCUT2D eigenvalue weighted by Crippen LogP contribution is 2.35. The molecule has 21 heavy (non-hydrogen) atoms. The van der Waals surface area contributed by atoms with E-state index in [9.17, 15) is 9.59 Å². The van der Waals surface area contributed by atoms with Gasteiger partial charge in [-0.3, -0.25) is 0 Å². The Labute approximate surface area is 124 Å². The quantitative estimate of drug-likeness (QED) is 0.590. The van der Waals surface area contributed by atoms with Crippen molar-refractivity contribution < 1.29 is 9.59 Å². The van der Waals surface area contributed by atoms with Crippen LogP contribution in [0.2, 0.25) is 0 Å². The summed E-state index contributed by atoms with van der Waals surface area (Å²) in [6.07, 6.45) is 3.05. The van der Waals surface area contributed by atoms with Crippen LogP contribution in [0, 0.1) is 0 Å². The third-order valence-corrected chi connectivity index (χ3v) is 3.28. The van der Waals surface area contributed by atoms with E-state index in [-0.39, 0.29) is 6.54 Å². The summed E-state index contributed by atoms with van der Waals surface area (Å²) in [6.45, 7) is 13.5. The lowest BCUT2D eigenvalue weighted by molar-refractivity contribution is 0.489. The first kappa shape index (κ1) is 16.5. The molecule has 0 radical (unpaired) electrons. The minimum absolute atomic E-state index is 0.0195. The van der Waals surface area contributed by atoms with Crippen LogP contribution >= 0.6 is 0 Å². The molecule has 0 N–H and O–H groups in total. The zero-order valence-corrected chi connectivity index (χ0v) is 12.6. The van der Waals surface area contributed by atoms with Gasteiger partial charge >= 0.3 is 0 Å². The van der Waals surface area contributed by atoms with Crippen molar-refractivity contribution in [3.63, 3.8) is 0 Å². The molecule has 0 aliphatic heterocycles. The first-order valence-corrected chi connectivity index (χ1v) is 6.45. The predicted octanol–water partition coefficient (Wildman–Crippen LogP) is 3.64. The fourth-order valence-corrected chi connectivity index (χ4v) is 2.28. The molecule has 0 aliphatic rings. The maximum atomic E-state index is 10.8. The van der Waals surface area contributed by atoms with Crippen molar-refractivity contribution in [3.8, 4) is 0 Å². The van der Waals surface area contributed by atoms with Crippen LogP contribution < -0.4 is 0 Å². The van der Waals surface area contributed by atoms with Gasteiger partial charge in [0.2, 0.25) is 12.2 Å². The number of nitrogens with zero attached hydrogens (tertiary/aromatic N) is 2. The van der Waals surface area contributed by atoms with E-state index in [0.29, 0.717) is 0 Å². The Bertz CT molecular complexity index is 678. The van der Waals surface area contributed by atoms with E-state index in [4.69, 9.17) is 0 Å². The minimum atomic E-state index is -0.987. The zero-order chi connectivity index (χ0) is 16.0. The fraction of sp³-hybridized carbons (Fsp3) is 0.294. The highest BCUT2D eigenvalue weighted by atomic mass is 16.1. The second-order valence-corrected chi connectivity index (χ2v) is 5.17. The van der Waals surface area contributed by atoms with E-state index in [1.165, 1.54) is 6.08 Å². The molecule has 1 atom stereocenters. The van der Waals surface area contributed by atoms with Gasteiger partial charge < -0.3 is 0 Å². The highest BCUT2D eigenvalue weighted by molar-refractivity contribution is 5.79. The van der Waals surface area contributed by atoms with Gasteiger partial charge in [0.05, 0.1) is 6.54 Å². The molecule has 4 heteroatoms. The van der Waals surface area contributed by atoms with Crippen LogP contribution in [-0.2, 0) is 15.1 Å². The van der Waals surface area contributed by atoms with Gasteiger partial charge in [-0.25, -0.2) is 14.6 Å². The maximum Gasteiger partial charge on any atom is 0.235 e. The number of rotatable bonds is 6. The van der Waals surface area contributed by atoms with Crippen molar-refractivity contribution in [2.24, 2.45) is 9.98 Å². The van der Waals surface area contributed by atoms with Gasteiger partial charge in [-0.1, -0.05) is 42.5 Å². The average molecular weight is 282 g/mol. The van der Waals surface area contributed by atoms with E-state index in [1.54, 1.807) is 13.0 Å². The summed E-state index contributed by atoms with van der Waals surface area (Å²) in [4.78, 5) is 28.6. The molecule has 1 unspecified atom stereocenters. The summed E-state index contributed by atoms with van der Waals surface area (Å²) < 4.78 is 0. The molecule has 4 nitrogen and oxygen atoms in total. The molecule has 1 aromatic carbocycles. The smallest absolute Gasteiger partial charge is 0.211 e. The topological polar surface area (TPSA) is 58.9 Å². The summed E-state index contributed by atoms with van der Waals surface area (Å²) in [5.74, 6) is 0. The Morgan fingerprint density at radius 3 is 2.33 bits per heavy atom. The summed E-state index contributed by atoms with van der Waals surface area (Å²) in [6, 6.07) is 5.64. The number of benzene rings is 1. The molecule has 1 aromatic rings. The van der Waals surface area contributed by atoms with Crippen molar-refractivity contribution in [1.82, 2.24) is 0 Å². The van der Waals surface area contributed by atoms with Crippen molar-refractivity contribution in [2.75, 3.05) is 6.54 Å². The zero-order valence-electron chi connectivity index (χ0n) is 12.6. The molecule has 108 valence electrons. The van der Waals surface area contributed by atoms with E-state index in [2.05, 4.69) is 23.1 Å². The van der Waals surface area contributed by atoms with Crippen molar-refractivity contribution >= 4 is 23.3 Å². The van der Waals surface area contributed by atoms with Crippen LogP contribution in [0.4, 0.5) is 0 Å². The van der Waals surface area contributed by atoms with E-state index >= 15 is 0 Å². The molecule has 0 saturated carbocycles. The number of isocyanates is 2. The fourth-order valence-electron chi connectivity index (χ4n) is 2.28. The number of hydrogen-bond acceptors (Lipinski definition) is 4. The largest absolute Gasteiger partial charge is 0.235 e. The van der Waals surface area contributed by atoms with Crippen LogP contribution in [0.3, 0.4) is 0 Å². The Morgan fingerprint density at radius 2 is 1.86 bits per heavy atom. The monoisotopic (exact) mass is 282 g/mol. The molecular weight excluding hydrogens is 264 g/mol. The summed E-state index contributed by atoms with van der Waals surface area (Å²) in [5, 5.41) is 0. The molecule has 0 fully saturated rings. The summed E-state index contributed by atoms with van der Waals surface area (Å²) in [7, 11) is 0. The van der Waals surface area contributed by atoms with Crippen molar-refractivity contribution in [2.45, 2.75) is 26.3 Å². The highest BCUT2D eigenvalue weighted by Gasteiger charge is 2.30. The Morgan fingerprint density at radius 1 is 1.19 bits per heavy atom. The van der Waals surface area contributed by atoms with Gasteiger partial charge in [0.15, 0.2) is 0 Å². The summed E-state index contributed by atoms with van der Waals surface area (Å²) in [5.41, 5.74) is 3.28. The normalized spacial score (nSPS) is 12.5. The lowest BCUT2D eigenvalue weighted by Gasteiger charge is -2.26. The minimum Gasteiger partial charge on any atom is -0.211 e. The first-order valence-electron chi connectivity index (χ1n) is 6.45.